The minimum Gasteiger partial charge on any atom is -0.373 e. The van der Waals surface area contributed by atoms with Gasteiger partial charge < -0.3 is 10.2 Å². The fourth-order valence-electron chi connectivity index (χ4n) is 2.03. The third kappa shape index (κ3) is 2.75. The summed E-state index contributed by atoms with van der Waals surface area (Å²) < 4.78 is 0. The Morgan fingerprint density at radius 1 is 1.53 bits per heavy atom. The van der Waals surface area contributed by atoms with Crippen LogP contribution in [-0.4, -0.2) is 36.4 Å². The van der Waals surface area contributed by atoms with E-state index in [0.29, 0.717) is 11.5 Å². The summed E-state index contributed by atoms with van der Waals surface area (Å²) in [6.45, 7) is 0.868. The molecule has 2 rings (SSSR count). The van der Waals surface area contributed by atoms with Crippen molar-refractivity contribution >= 4 is 11.7 Å². The van der Waals surface area contributed by atoms with E-state index >= 15 is 0 Å². The summed E-state index contributed by atoms with van der Waals surface area (Å²) in [5, 5.41) is 2.94. The first kappa shape index (κ1) is 11.9. The highest BCUT2D eigenvalue weighted by Gasteiger charge is 2.22. The van der Waals surface area contributed by atoms with Gasteiger partial charge in [0.15, 0.2) is 0 Å². The number of nitrogens with zero attached hydrogens (tertiary/aromatic N) is 2. The Labute approximate surface area is 102 Å². The summed E-state index contributed by atoms with van der Waals surface area (Å²) in [5.74, 6) is 1.55. The van der Waals surface area contributed by atoms with E-state index in [9.17, 15) is 4.79 Å². The van der Waals surface area contributed by atoms with Crippen molar-refractivity contribution in [3.8, 4) is 0 Å². The molecule has 0 aliphatic heterocycles. The average molecular weight is 233 g/mol. The lowest BCUT2D eigenvalue weighted by atomic mass is 9.85. The summed E-state index contributed by atoms with van der Waals surface area (Å²) in [4.78, 5) is 18.0. The number of pyridine rings is 1. The van der Waals surface area contributed by atoms with Crippen molar-refractivity contribution in [1.82, 2.24) is 9.88 Å². The molecule has 0 aromatic carbocycles. The highest BCUT2D eigenvalue weighted by molar-refractivity contribution is 5.93. The van der Waals surface area contributed by atoms with Crippen LogP contribution in [0.5, 0.6) is 0 Å². The van der Waals surface area contributed by atoms with E-state index in [4.69, 9.17) is 0 Å². The van der Waals surface area contributed by atoms with Gasteiger partial charge in [-0.15, -0.1) is 0 Å². The van der Waals surface area contributed by atoms with E-state index in [0.717, 1.165) is 12.4 Å². The third-order valence-corrected chi connectivity index (χ3v) is 3.37. The SMILES string of the molecule is CNc1ccc(C(=O)N(C)CC2CCC2)cn1. The van der Waals surface area contributed by atoms with Crippen molar-refractivity contribution in [2.75, 3.05) is 26.0 Å². The average Bonchev–Trinajstić information content (AvgIpc) is 2.32. The Balaban J connectivity index is 1.96. The second-order valence-corrected chi connectivity index (χ2v) is 4.66. The highest BCUT2D eigenvalue weighted by atomic mass is 16.2. The zero-order valence-corrected chi connectivity index (χ0v) is 10.4. The number of carbonyl (C=O) groups excluding carboxylic acids is 1. The van der Waals surface area contributed by atoms with Gasteiger partial charge in [0.25, 0.3) is 5.91 Å². The number of rotatable bonds is 4. The van der Waals surface area contributed by atoms with E-state index in [-0.39, 0.29) is 5.91 Å². The number of carbonyl (C=O) groups is 1. The summed E-state index contributed by atoms with van der Waals surface area (Å²) in [5.41, 5.74) is 0.658. The first-order valence-corrected chi connectivity index (χ1v) is 6.10. The third-order valence-electron chi connectivity index (χ3n) is 3.37. The molecule has 1 aliphatic carbocycles. The predicted octanol–water partition coefficient (Wildman–Crippen LogP) is 2.00. The molecular formula is C13H19N3O. The second-order valence-electron chi connectivity index (χ2n) is 4.66. The number of hydrogen-bond acceptors (Lipinski definition) is 3. The molecular weight excluding hydrogens is 214 g/mol. The van der Waals surface area contributed by atoms with Crippen LogP contribution < -0.4 is 5.32 Å². The maximum atomic E-state index is 12.1. The summed E-state index contributed by atoms with van der Waals surface area (Å²) in [6.07, 6.45) is 5.46. The Kier molecular flexibility index (Phi) is 3.61. The van der Waals surface area contributed by atoms with Gasteiger partial charge in [0.2, 0.25) is 0 Å². The molecule has 4 heteroatoms. The smallest absolute Gasteiger partial charge is 0.255 e. The Bertz CT molecular complexity index is 384. The van der Waals surface area contributed by atoms with Crippen LogP contribution in [0, 0.1) is 5.92 Å². The molecule has 1 amide bonds. The van der Waals surface area contributed by atoms with Crippen molar-refractivity contribution in [1.29, 1.82) is 0 Å². The molecule has 1 aromatic rings. The largest absolute Gasteiger partial charge is 0.373 e. The highest BCUT2D eigenvalue weighted by Crippen LogP contribution is 2.27. The van der Waals surface area contributed by atoms with Gasteiger partial charge in [-0.1, -0.05) is 6.42 Å². The van der Waals surface area contributed by atoms with Crippen molar-refractivity contribution in [2.24, 2.45) is 5.92 Å². The topological polar surface area (TPSA) is 45.2 Å². The van der Waals surface area contributed by atoms with E-state index in [2.05, 4.69) is 10.3 Å². The van der Waals surface area contributed by atoms with E-state index in [1.165, 1.54) is 19.3 Å². The lowest BCUT2D eigenvalue weighted by Gasteiger charge is -2.30. The predicted molar refractivity (Wildman–Crippen MR) is 68.1 cm³/mol. The van der Waals surface area contributed by atoms with Crippen LogP contribution in [-0.2, 0) is 0 Å². The minimum absolute atomic E-state index is 0.0621. The van der Waals surface area contributed by atoms with E-state index in [1.807, 2.05) is 26.2 Å². The number of anilines is 1. The molecule has 92 valence electrons. The summed E-state index contributed by atoms with van der Waals surface area (Å²) in [6, 6.07) is 3.64. The maximum Gasteiger partial charge on any atom is 0.255 e. The summed E-state index contributed by atoms with van der Waals surface area (Å²) >= 11 is 0. The maximum absolute atomic E-state index is 12.1. The van der Waals surface area contributed by atoms with Gasteiger partial charge in [-0.05, 0) is 30.9 Å². The lowest BCUT2D eigenvalue weighted by molar-refractivity contribution is 0.0745. The normalized spacial score (nSPS) is 15.2. The molecule has 1 fully saturated rings. The molecule has 1 heterocycles. The molecule has 1 aromatic heterocycles. The van der Waals surface area contributed by atoms with Gasteiger partial charge in [-0.2, -0.15) is 0 Å². The fraction of sp³-hybridized carbons (Fsp3) is 0.538. The molecule has 0 spiro atoms. The number of hydrogen-bond donors (Lipinski definition) is 1. The molecule has 0 radical (unpaired) electrons. The molecule has 0 atom stereocenters. The van der Waals surface area contributed by atoms with Crippen molar-refractivity contribution in [3.63, 3.8) is 0 Å². The molecule has 0 saturated heterocycles. The van der Waals surface area contributed by atoms with Crippen LogP contribution in [0.4, 0.5) is 5.82 Å². The number of amides is 1. The lowest BCUT2D eigenvalue weighted by Crippen LogP contribution is -2.34. The van der Waals surface area contributed by atoms with E-state index < -0.39 is 0 Å². The van der Waals surface area contributed by atoms with Gasteiger partial charge >= 0.3 is 0 Å². The van der Waals surface area contributed by atoms with E-state index in [1.54, 1.807) is 11.1 Å². The first-order chi connectivity index (χ1) is 8.20. The van der Waals surface area contributed by atoms with Crippen LogP contribution in [0.2, 0.25) is 0 Å². The van der Waals surface area contributed by atoms with Crippen molar-refractivity contribution in [3.05, 3.63) is 23.9 Å². The second kappa shape index (κ2) is 5.17. The van der Waals surface area contributed by atoms with Crippen LogP contribution in [0.25, 0.3) is 0 Å². The molecule has 1 saturated carbocycles. The van der Waals surface area contributed by atoms with Gasteiger partial charge in [0.05, 0.1) is 5.56 Å². The molecule has 0 unspecified atom stereocenters. The zero-order valence-electron chi connectivity index (χ0n) is 10.4. The molecule has 4 nitrogen and oxygen atoms in total. The van der Waals surface area contributed by atoms with Gasteiger partial charge in [-0.25, -0.2) is 4.98 Å². The monoisotopic (exact) mass is 233 g/mol. The van der Waals surface area contributed by atoms with Gasteiger partial charge in [-0.3, -0.25) is 4.79 Å². The van der Waals surface area contributed by atoms with Gasteiger partial charge in [0.1, 0.15) is 5.82 Å². The molecule has 1 N–H and O–H groups in total. The quantitative estimate of drug-likeness (QED) is 0.865. The fourth-order valence-corrected chi connectivity index (χ4v) is 2.03. The molecule has 17 heavy (non-hydrogen) atoms. The standard InChI is InChI=1S/C13H19N3O/c1-14-12-7-6-11(8-15-12)13(17)16(2)9-10-4-3-5-10/h6-8,10H,3-5,9H2,1-2H3,(H,14,15). The van der Waals surface area contributed by atoms with Crippen LogP contribution >= 0.6 is 0 Å². The zero-order chi connectivity index (χ0) is 12.3. The van der Waals surface area contributed by atoms with Crippen molar-refractivity contribution in [2.45, 2.75) is 19.3 Å². The summed E-state index contributed by atoms with van der Waals surface area (Å²) in [7, 11) is 3.68. The van der Waals surface area contributed by atoms with Crippen molar-refractivity contribution < 1.29 is 4.79 Å². The Morgan fingerprint density at radius 2 is 2.29 bits per heavy atom. The Morgan fingerprint density at radius 3 is 2.76 bits per heavy atom. The molecule has 0 bridgehead atoms. The first-order valence-electron chi connectivity index (χ1n) is 6.10. The van der Waals surface area contributed by atoms with Gasteiger partial charge in [0, 0.05) is 26.8 Å². The number of aromatic nitrogens is 1. The number of nitrogens with one attached hydrogen (secondary N) is 1. The van der Waals surface area contributed by atoms with Crippen LogP contribution in [0.1, 0.15) is 29.6 Å². The van der Waals surface area contributed by atoms with Crippen LogP contribution in [0.3, 0.4) is 0 Å². The minimum atomic E-state index is 0.0621. The Hall–Kier alpha value is -1.58. The molecule has 1 aliphatic rings. The van der Waals surface area contributed by atoms with Crippen LogP contribution in [0.15, 0.2) is 18.3 Å².